The van der Waals surface area contributed by atoms with Crippen LogP contribution in [-0.2, 0) is 6.54 Å². The molecule has 2 aromatic rings. The van der Waals surface area contributed by atoms with Crippen molar-refractivity contribution >= 4 is 27.4 Å². The van der Waals surface area contributed by atoms with E-state index in [4.69, 9.17) is 0 Å². The maximum atomic E-state index is 4.43. The van der Waals surface area contributed by atoms with E-state index in [1.165, 1.54) is 0 Å². The average Bonchev–Trinajstić information content (AvgIpc) is 2.67. The van der Waals surface area contributed by atoms with E-state index in [1.54, 1.807) is 6.20 Å². The first-order valence-corrected chi connectivity index (χ1v) is 6.41. The number of pyridine rings is 1. The van der Waals surface area contributed by atoms with Gasteiger partial charge >= 0.3 is 0 Å². The fourth-order valence-electron chi connectivity index (χ4n) is 2.10. The molecule has 6 heteroatoms. The molecule has 0 fully saturated rings. The van der Waals surface area contributed by atoms with Gasteiger partial charge in [-0.15, -0.1) is 0 Å². The Hall–Kier alpha value is -1.69. The molecule has 0 unspecified atom stereocenters. The SMILES string of the molecule is CN1CN(Cc2cccnn2)c2cc(Br)cnc21. The number of anilines is 2. The first-order valence-electron chi connectivity index (χ1n) is 5.62. The summed E-state index contributed by atoms with van der Waals surface area (Å²) >= 11 is 3.46. The van der Waals surface area contributed by atoms with E-state index in [9.17, 15) is 0 Å². The molecule has 92 valence electrons. The van der Waals surface area contributed by atoms with E-state index >= 15 is 0 Å². The third kappa shape index (κ3) is 2.03. The van der Waals surface area contributed by atoms with Crippen molar-refractivity contribution in [3.05, 3.63) is 40.8 Å². The predicted molar refractivity (Wildman–Crippen MR) is 73.4 cm³/mol. The van der Waals surface area contributed by atoms with Crippen molar-refractivity contribution in [2.75, 3.05) is 23.5 Å². The second kappa shape index (κ2) is 4.53. The largest absolute Gasteiger partial charge is 0.345 e. The zero-order valence-corrected chi connectivity index (χ0v) is 11.5. The fraction of sp³-hybridized carbons (Fsp3) is 0.250. The van der Waals surface area contributed by atoms with E-state index in [2.05, 4.69) is 47.0 Å². The van der Waals surface area contributed by atoms with E-state index in [-0.39, 0.29) is 0 Å². The summed E-state index contributed by atoms with van der Waals surface area (Å²) in [5.74, 6) is 1.00. The van der Waals surface area contributed by atoms with Gasteiger partial charge < -0.3 is 9.80 Å². The van der Waals surface area contributed by atoms with Crippen LogP contribution in [0.3, 0.4) is 0 Å². The van der Waals surface area contributed by atoms with Crippen LogP contribution in [0.4, 0.5) is 11.5 Å². The second-order valence-corrected chi connectivity index (χ2v) is 5.16. The molecule has 0 atom stereocenters. The van der Waals surface area contributed by atoms with Crippen LogP contribution in [0.2, 0.25) is 0 Å². The van der Waals surface area contributed by atoms with Gasteiger partial charge in [-0.3, -0.25) is 0 Å². The highest BCUT2D eigenvalue weighted by molar-refractivity contribution is 9.10. The van der Waals surface area contributed by atoms with Crippen LogP contribution in [0.25, 0.3) is 0 Å². The lowest BCUT2D eigenvalue weighted by Crippen LogP contribution is -2.28. The highest BCUT2D eigenvalue weighted by Gasteiger charge is 2.25. The van der Waals surface area contributed by atoms with Crippen LogP contribution < -0.4 is 9.80 Å². The topological polar surface area (TPSA) is 45.2 Å². The Balaban J connectivity index is 1.90. The van der Waals surface area contributed by atoms with E-state index < -0.39 is 0 Å². The van der Waals surface area contributed by atoms with Gasteiger partial charge in [-0.05, 0) is 34.1 Å². The number of hydrogen-bond donors (Lipinski definition) is 0. The number of halogens is 1. The molecule has 0 N–H and O–H groups in total. The molecule has 0 saturated heterocycles. The maximum absolute atomic E-state index is 4.43. The summed E-state index contributed by atoms with van der Waals surface area (Å²) in [4.78, 5) is 8.79. The van der Waals surface area contributed by atoms with Gasteiger partial charge in [-0.2, -0.15) is 10.2 Å². The number of fused-ring (bicyclic) bond motifs is 1. The first-order chi connectivity index (χ1) is 8.74. The van der Waals surface area contributed by atoms with Gasteiger partial charge in [0.05, 0.1) is 24.6 Å². The predicted octanol–water partition coefficient (Wildman–Crippen LogP) is 2.05. The van der Waals surface area contributed by atoms with Crippen LogP contribution >= 0.6 is 15.9 Å². The molecule has 0 bridgehead atoms. The van der Waals surface area contributed by atoms with Gasteiger partial charge in [0.25, 0.3) is 0 Å². The summed E-state index contributed by atoms with van der Waals surface area (Å²) < 4.78 is 0.987. The Morgan fingerprint density at radius 3 is 3.11 bits per heavy atom. The molecular weight excluding hydrogens is 294 g/mol. The Morgan fingerprint density at radius 2 is 2.33 bits per heavy atom. The first kappa shape index (κ1) is 11.4. The standard InChI is InChI=1S/C12H12BrN5/c1-17-8-18(7-10-3-2-4-15-16-10)11-5-9(13)6-14-12(11)17/h2-6H,7-8H2,1H3. The summed E-state index contributed by atoms with van der Waals surface area (Å²) in [5.41, 5.74) is 2.08. The van der Waals surface area contributed by atoms with Gasteiger partial charge in [0, 0.05) is 23.9 Å². The van der Waals surface area contributed by atoms with Gasteiger partial charge in [-0.25, -0.2) is 4.98 Å². The average molecular weight is 306 g/mol. The Bertz CT molecular complexity index is 560. The lowest BCUT2D eigenvalue weighted by molar-refractivity contribution is 0.778. The van der Waals surface area contributed by atoms with Crippen LogP contribution in [0.5, 0.6) is 0 Å². The highest BCUT2D eigenvalue weighted by atomic mass is 79.9. The molecule has 1 aliphatic rings. The molecule has 3 heterocycles. The minimum Gasteiger partial charge on any atom is -0.345 e. The molecule has 18 heavy (non-hydrogen) atoms. The zero-order valence-electron chi connectivity index (χ0n) is 9.91. The lowest BCUT2D eigenvalue weighted by atomic mass is 10.3. The minimum absolute atomic E-state index is 0.739. The van der Waals surface area contributed by atoms with Crippen LogP contribution in [-0.4, -0.2) is 28.9 Å². The molecule has 0 aliphatic carbocycles. The Kier molecular flexibility index (Phi) is 2.87. The van der Waals surface area contributed by atoms with Crippen molar-refractivity contribution in [2.45, 2.75) is 6.54 Å². The minimum atomic E-state index is 0.739. The Labute approximate surface area is 114 Å². The number of rotatable bonds is 2. The summed E-state index contributed by atoms with van der Waals surface area (Å²) in [6.45, 7) is 1.55. The third-order valence-corrected chi connectivity index (χ3v) is 3.31. The molecule has 1 aliphatic heterocycles. The molecule has 2 aromatic heterocycles. The molecule has 0 spiro atoms. The van der Waals surface area contributed by atoms with Gasteiger partial charge in [0.2, 0.25) is 0 Å². The second-order valence-electron chi connectivity index (χ2n) is 4.25. The van der Waals surface area contributed by atoms with Crippen LogP contribution in [0, 0.1) is 0 Å². The van der Waals surface area contributed by atoms with Gasteiger partial charge in [0.1, 0.15) is 0 Å². The lowest BCUT2D eigenvalue weighted by Gasteiger charge is -2.18. The quantitative estimate of drug-likeness (QED) is 0.850. The third-order valence-electron chi connectivity index (χ3n) is 2.88. The summed E-state index contributed by atoms with van der Waals surface area (Å²) in [6, 6.07) is 5.97. The molecule has 0 aromatic carbocycles. The molecule has 0 radical (unpaired) electrons. The fourth-order valence-corrected chi connectivity index (χ4v) is 2.42. The normalized spacial score (nSPS) is 13.9. The number of aromatic nitrogens is 3. The molecule has 3 rings (SSSR count). The molecular formula is C12H12BrN5. The van der Waals surface area contributed by atoms with Crippen molar-refractivity contribution in [1.82, 2.24) is 15.2 Å². The molecule has 0 saturated carbocycles. The smallest absolute Gasteiger partial charge is 0.153 e. The number of hydrogen-bond acceptors (Lipinski definition) is 5. The number of nitrogens with zero attached hydrogens (tertiary/aromatic N) is 5. The molecule has 5 nitrogen and oxygen atoms in total. The van der Waals surface area contributed by atoms with Crippen molar-refractivity contribution in [3.8, 4) is 0 Å². The maximum Gasteiger partial charge on any atom is 0.153 e. The summed E-state index contributed by atoms with van der Waals surface area (Å²) in [7, 11) is 2.04. The molecule has 0 amide bonds. The van der Waals surface area contributed by atoms with E-state index in [0.29, 0.717) is 0 Å². The van der Waals surface area contributed by atoms with Crippen LogP contribution in [0.15, 0.2) is 35.1 Å². The highest BCUT2D eigenvalue weighted by Crippen LogP contribution is 2.35. The van der Waals surface area contributed by atoms with Gasteiger partial charge in [-0.1, -0.05) is 0 Å². The monoisotopic (exact) mass is 305 g/mol. The van der Waals surface area contributed by atoms with Crippen molar-refractivity contribution < 1.29 is 0 Å². The van der Waals surface area contributed by atoms with Crippen LogP contribution in [0.1, 0.15) is 5.69 Å². The van der Waals surface area contributed by atoms with Crippen molar-refractivity contribution in [2.24, 2.45) is 0 Å². The summed E-state index contributed by atoms with van der Waals surface area (Å²) in [6.07, 6.45) is 3.51. The zero-order chi connectivity index (χ0) is 12.5. The summed E-state index contributed by atoms with van der Waals surface area (Å²) in [5, 5.41) is 8.02. The van der Waals surface area contributed by atoms with E-state index in [1.807, 2.05) is 25.4 Å². The van der Waals surface area contributed by atoms with Gasteiger partial charge in [0.15, 0.2) is 5.82 Å². The van der Waals surface area contributed by atoms with E-state index in [0.717, 1.165) is 34.9 Å². The van der Waals surface area contributed by atoms with Crippen molar-refractivity contribution in [3.63, 3.8) is 0 Å². The Morgan fingerprint density at radius 1 is 1.44 bits per heavy atom. The van der Waals surface area contributed by atoms with Crippen molar-refractivity contribution in [1.29, 1.82) is 0 Å².